The van der Waals surface area contributed by atoms with E-state index in [1.165, 1.54) is 67.0 Å². The Morgan fingerprint density at radius 1 is 0.339 bits per heavy atom. The Bertz CT molecular complexity index is 2320. The van der Waals surface area contributed by atoms with Crippen LogP contribution in [0, 0.1) is 0 Å². The second kappa shape index (κ2) is 18.3. The van der Waals surface area contributed by atoms with Crippen LogP contribution in [0.15, 0.2) is 206 Å². The number of anilines is 2. The van der Waals surface area contributed by atoms with Crippen molar-refractivity contribution in [2.24, 2.45) is 0 Å². The van der Waals surface area contributed by atoms with Crippen molar-refractivity contribution < 1.29 is 4.74 Å². The number of rotatable bonds is 14. The number of nitrogens with zero attached hydrogens (tertiary/aromatic N) is 2. The summed E-state index contributed by atoms with van der Waals surface area (Å²) in [6, 6.07) is 74.6. The molecule has 8 aromatic carbocycles. The molecular formula is C56H52N2O. The predicted octanol–water partition coefficient (Wildman–Crippen LogP) is 13.2. The molecule has 0 heterocycles. The van der Waals surface area contributed by atoms with Crippen LogP contribution in [0.5, 0.6) is 0 Å². The normalized spacial score (nSPS) is 11.2. The molecule has 0 atom stereocenters. The highest BCUT2D eigenvalue weighted by Crippen LogP contribution is 2.45. The van der Waals surface area contributed by atoms with E-state index in [2.05, 4.69) is 244 Å². The summed E-state index contributed by atoms with van der Waals surface area (Å²) in [5.41, 5.74) is 17.0. The lowest BCUT2D eigenvalue weighted by Gasteiger charge is -2.27. The van der Waals surface area contributed by atoms with E-state index >= 15 is 0 Å². The van der Waals surface area contributed by atoms with E-state index in [-0.39, 0.29) is 11.8 Å². The molecule has 0 aliphatic carbocycles. The summed E-state index contributed by atoms with van der Waals surface area (Å²) in [5, 5.41) is 0. The molecule has 0 aromatic heterocycles. The highest BCUT2D eigenvalue weighted by Gasteiger charge is 2.26. The number of hydrogen-bond acceptors (Lipinski definition) is 3. The van der Waals surface area contributed by atoms with Gasteiger partial charge in [-0.15, -0.1) is 0 Å². The fourth-order valence-electron chi connectivity index (χ4n) is 8.72. The van der Waals surface area contributed by atoms with Crippen LogP contribution >= 0.6 is 0 Å². The molecule has 8 rings (SSSR count). The largest absolute Gasteiger partial charge is 0.377 e. The highest BCUT2D eigenvalue weighted by atomic mass is 16.5. The van der Waals surface area contributed by atoms with Gasteiger partial charge in [-0.2, -0.15) is 0 Å². The Balaban J connectivity index is 1.26. The lowest BCUT2D eigenvalue weighted by atomic mass is 9.79. The van der Waals surface area contributed by atoms with Gasteiger partial charge in [0, 0.05) is 62.5 Å². The third-order valence-electron chi connectivity index (χ3n) is 11.3. The average Bonchev–Trinajstić information content (AvgIpc) is 3.28. The van der Waals surface area contributed by atoms with Crippen LogP contribution in [0.4, 0.5) is 11.4 Å². The van der Waals surface area contributed by atoms with Crippen LogP contribution in [-0.4, -0.2) is 28.2 Å². The first-order valence-corrected chi connectivity index (χ1v) is 20.5. The smallest absolute Gasteiger partial charge is 0.0727 e. The second-order valence-corrected chi connectivity index (χ2v) is 15.6. The molecule has 292 valence electrons. The van der Waals surface area contributed by atoms with Gasteiger partial charge in [0.1, 0.15) is 0 Å². The molecule has 3 heteroatoms. The molecule has 0 N–H and O–H groups in total. The monoisotopic (exact) mass is 768 g/mol. The van der Waals surface area contributed by atoms with Crippen LogP contribution in [0.25, 0.3) is 22.3 Å². The van der Waals surface area contributed by atoms with Gasteiger partial charge in [-0.3, -0.25) is 0 Å². The minimum Gasteiger partial charge on any atom is -0.377 e. The molecule has 0 bridgehead atoms. The first-order valence-electron chi connectivity index (χ1n) is 20.5. The van der Waals surface area contributed by atoms with E-state index in [0.717, 1.165) is 11.1 Å². The minimum atomic E-state index is 0.0290. The Morgan fingerprint density at radius 3 is 0.966 bits per heavy atom. The first-order chi connectivity index (χ1) is 29.0. The summed E-state index contributed by atoms with van der Waals surface area (Å²) < 4.78 is 7.00. The molecule has 0 aliphatic rings. The molecule has 0 fully saturated rings. The Hall–Kier alpha value is -6.68. The standard InChI is InChI=1S/C56H52N2O/c1-57(2)51-37-19-17-33-47(51)55-45(31-21-35-49(55)53(41-23-9-5-10-24-41)42-25-11-6-12-26-42)39-59-40-46-32-22-36-50(56(46)48-34-18-20-38-52(48)58(3)4)54(43-27-13-7-14-28-43)44-29-15-8-16-30-44/h5-38,53-54H,39-40H2,1-4H3. The number of hydrogen-bond donors (Lipinski definition) is 0. The van der Waals surface area contributed by atoms with Gasteiger partial charge in [0.05, 0.1) is 13.2 Å². The van der Waals surface area contributed by atoms with Crippen molar-refractivity contribution in [1.29, 1.82) is 0 Å². The van der Waals surface area contributed by atoms with Gasteiger partial charge >= 0.3 is 0 Å². The Kier molecular flexibility index (Phi) is 12.1. The second-order valence-electron chi connectivity index (χ2n) is 15.6. The van der Waals surface area contributed by atoms with E-state index in [9.17, 15) is 0 Å². The SMILES string of the molecule is CN(C)c1ccccc1-c1c(COCc2cccc(C(c3ccccc3)c3ccccc3)c2-c2ccccc2N(C)C)cccc1C(c1ccccc1)c1ccccc1. The molecule has 59 heavy (non-hydrogen) atoms. The maximum absolute atomic E-state index is 7.00. The summed E-state index contributed by atoms with van der Waals surface area (Å²) in [5.74, 6) is 0.0580. The lowest BCUT2D eigenvalue weighted by molar-refractivity contribution is 0.107. The van der Waals surface area contributed by atoms with Crippen LogP contribution in [0.2, 0.25) is 0 Å². The summed E-state index contributed by atoms with van der Waals surface area (Å²) in [7, 11) is 8.51. The maximum atomic E-state index is 7.00. The van der Waals surface area contributed by atoms with Crippen molar-refractivity contribution >= 4 is 11.4 Å². The highest BCUT2D eigenvalue weighted by molar-refractivity contribution is 5.85. The van der Waals surface area contributed by atoms with Crippen molar-refractivity contribution in [2.45, 2.75) is 25.0 Å². The fraction of sp³-hybridized carbons (Fsp3) is 0.143. The molecule has 0 saturated carbocycles. The molecule has 0 radical (unpaired) electrons. The zero-order valence-corrected chi connectivity index (χ0v) is 34.5. The quantitative estimate of drug-likeness (QED) is 0.102. The van der Waals surface area contributed by atoms with Crippen molar-refractivity contribution in [2.75, 3.05) is 38.0 Å². The number of ether oxygens (including phenoxy) is 1. The van der Waals surface area contributed by atoms with Crippen molar-refractivity contribution in [3.63, 3.8) is 0 Å². The maximum Gasteiger partial charge on any atom is 0.0727 e. The van der Waals surface area contributed by atoms with E-state index in [1.807, 2.05) is 0 Å². The van der Waals surface area contributed by atoms with Crippen LogP contribution in [-0.2, 0) is 18.0 Å². The van der Waals surface area contributed by atoms with Crippen molar-refractivity contribution in [3.05, 3.63) is 251 Å². The summed E-state index contributed by atoms with van der Waals surface area (Å²) >= 11 is 0. The zero-order chi connectivity index (χ0) is 40.6. The molecule has 0 unspecified atom stereocenters. The summed E-state index contributed by atoms with van der Waals surface area (Å²) in [6.45, 7) is 0.891. The van der Waals surface area contributed by atoms with E-state index in [4.69, 9.17) is 4.74 Å². The molecule has 3 nitrogen and oxygen atoms in total. The number of benzene rings is 8. The molecule has 0 amide bonds. The van der Waals surface area contributed by atoms with Gasteiger partial charge in [0.25, 0.3) is 0 Å². The van der Waals surface area contributed by atoms with Gasteiger partial charge in [-0.1, -0.05) is 194 Å². The number of para-hydroxylation sites is 2. The Morgan fingerprint density at radius 2 is 0.644 bits per heavy atom. The van der Waals surface area contributed by atoms with Gasteiger partial charge in [0.2, 0.25) is 0 Å². The van der Waals surface area contributed by atoms with Gasteiger partial charge in [-0.05, 0) is 67.8 Å². The molecule has 8 aromatic rings. The van der Waals surface area contributed by atoms with Crippen LogP contribution in [0.1, 0.15) is 56.3 Å². The van der Waals surface area contributed by atoms with Crippen molar-refractivity contribution in [3.8, 4) is 22.3 Å². The molecular weight excluding hydrogens is 717 g/mol. The summed E-state index contributed by atoms with van der Waals surface area (Å²) in [4.78, 5) is 4.43. The average molecular weight is 769 g/mol. The van der Waals surface area contributed by atoms with Gasteiger partial charge in [-0.25, -0.2) is 0 Å². The molecule has 0 saturated heterocycles. The van der Waals surface area contributed by atoms with E-state index in [0.29, 0.717) is 13.2 Å². The van der Waals surface area contributed by atoms with Crippen LogP contribution < -0.4 is 9.80 Å². The topological polar surface area (TPSA) is 15.7 Å². The van der Waals surface area contributed by atoms with E-state index < -0.39 is 0 Å². The Labute approximate surface area is 350 Å². The first kappa shape index (κ1) is 39.2. The minimum absolute atomic E-state index is 0.0290. The van der Waals surface area contributed by atoms with Crippen LogP contribution in [0.3, 0.4) is 0 Å². The van der Waals surface area contributed by atoms with Gasteiger partial charge in [0.15, 0.2) is 0 Å². The third kappa shape index (κ3) is 8.48. The van der Waals surface area contributed by atoms with Crippen molar-refractivity contribution in [1.82, 2.24) is 0 Å². The molecule has 0 aliphatic heterocycles. The lowest BCUT2D eigenvalue weighted by Crippen LogP contribution is -2.13. The zero-order valence-electron chi connectivity index (χ0n) is 34.5. The third-order valence-corrected chi connectivity index (χ3v) is 11.3. The fourth-order valence-corrected chi connectivity index (χ4v) is 8.72. The predicted molar refractivity (Wildman–Crippen MR) is 249 cm³/mol. The summed E-state index contributed by atoms with van der Waals surface area (Å²) in [6.07, 6.45) is 0. The van der Waals surface area contributed by atoms with E-state index in [1.54, 1.807) is 0 Å². The van der Waals surface area contributed by atoms with Gasteiger partial charge < -0.3 is 14.5 Å². The molecule has 0 spiro atoms.